The van der Waals surface area contributed by atoms with Crippen LogP contribution in [0.5, 0.6) is 5.75 Å². The van der Waals surface area contributed by atoms with Crippen LogP contribution >= 0.6 is 0 Å². The van der Waals surface area contributed by atoms with Crippen LogP contribution in [0.25, 0.3) is 0 Å². The lowest BCUT2D eigenvalue weighted by Crippen LogP contribution is -2.35. The fourth-order valence-corrected chi connectivity index (χ4v) is 2.97. The summed E-state index contributed by atoms with van der Waals surface area (Å²) in [6.45, 7) is 5.02. The molecule has 8 heteroatoms. The van der Waals surface area contributed by atoms with Crippen LogP contribution in [0.3, 0.4) is 0 Å². The van der Waals surface area contributed by atoms with Gasteiger partial charge in [-0.05, 0) is 30.4 Å². The molecule has 1 fully saturated rings. The van der Waals surface area contributed by atoms with Crippen molar-refractivity contribution in [2.75, 3.05) is 26.4 Å². The molecule has 0 spiro atoms. The number of benzene rings is 1. The van der Waals surface area contributed by atoms with Crippen LogP contribution in [-0.4, -0.2) is 44.5 Å². The van der Waals surface area contributed by atoms with E-state index in [1.54, 1.807) is 6.07 Å². The fourth-order valence-electron chi connectivity index (χ4n) is 2.97. The lowest BCUT2D eigenvalue weighted by molar-refractivity contribution is -0.0656. The van der Waals surface area contributed by atoms with E-state index in [2.05, 4.69) is 5.32 Å². The number of alkyl halides is 2. The van der Waals surface area contributed by atoms with Crippen molar-refractivity contribution in [1.82, 2.24) is 5.32 Å². The van der Waals surface area contributed by atoms with Crippen molar-refractivity contribution in [1.29, 1.82) is 0 Å². The highest BCUT2D eigenvalue weighted by atomic mass is 19.3. The van der Waals surface area contributed by atoms with Crippen LogP contribution in [0.1, 0.15) is 51.0 Å². The third kappa shape index (κ3) is 7.58. The van der Waals surface area contributed by atoms with E-state index in [0.717, 1.165) is 5.56 Å². The molecule has 1 amide bonds. The number of hydrogen-bond donors (Lipinski definition) is 1. The monoisotopic (exact) mass is 403 g/mol. The largest absolute Gasteiger partial charge is 0.491 e. The molecule has 1 aromatic rings. The van der Waals surface area contributed by atoms with Crippen LogP contribution in [-0.2, 0) is 9.47 Å². The second kappa shape index (κ2) is 10.5. The molecule has 0 bridgehead atoms. The molecule has 0 saturated heterocycles. The summed E-state index contributed by atoms with van der Waals surface area (Å²) in [7, 11) is 0. The van der Waals surface area contributed by atoms with E-state index in [0.29, 0.717) is 5.75 Å². The topological polar surface area (TPSA) is 56.8 Å². The molecule has 158 valence electrons. The number of alkyl carbamates (subject to hydrolysis) is 1. The molecule has 1 aromatic carbocycles. The molecule has 0 radical (unpaired) electrons. The van der Waals surface area contributed by atoms with E-state index in [4.69, 9.17) is 14.2 Å². The van der Waals surface area contributed by atoms with Crippen LogP contribution in [0, 0.1) is 5.82 Å². The molecule has 0 heterocycles. The van der Waals surface area contributed by atoms with E-state index < -0.39 is 18.1 Å². The Morgan fingerprint density at radius 3 is 2.61 bits per heavy atom. The van der Waals surface area contributed by atoms with Gasteiger partial charge in [-0.2, -0.15) is 0 Å². The predicted molar refractivity (Wildman–Crippen MR) is 98.5 cm³/mol. The molecule has 0 aliphatic heterocycles. The van der Waals surface area contributed by atoms with Crippen molar-refractivity contribution >= 4 is 6.09 Å². The van der Waals surface area contributed by atoms with E-state index >= 15 is 0 Å². The quantitative estimate of drug-likeness (QED) is 0.610. The molecule has 1 aliphatic carbocycles. The molecule has 0 atom stereocenters. The van der Waals surface area contributed by atoms with E-state index in [9.17, 15) is 18.0 Å². The van der Waals surface area contributed by atoms with Gasteiger partial charge in [0.1, 0.15) is 24.3 Å². The molecule has 5 nitrogen and oxygen atoms in total. The van der Waals surface area contributed by atoms with E-state index in [1.165, 1.54) is 12.1 Å². The number of nitrogens with one attached hydrogen (secondary N) is 1. The zero-order chi connectivity index (χ0) is 20.6. The number of hydrogen-bond acceptors (Lipinski definition) is 4. The van der Waals surface area contributed by atoms with Gasteiger partial charge in [0.25, 0.3) is 0 Å². The second-order valence-corrected chi connectivity index (χ2v) is 7.19. The summed E-state index contributed by atoms with van der Waals surface area (Å²) in [5, 5.41) is 2.53. The Morgan fingerprint density at radius 1 is 1.21 bits per heavy atom. The molecule has 28 heavy (non-hydrogen) atoms. The fraction of sp³-hybridized carbons (Fsp3) is 0.650. The highest BCUT2D eigenvalue weighted by Gasteiger charge is 2.36. The van der Waals surface area contributed by atoms with E-state index in [-0.39, 0.29) is 63.8 Å². The standard InChI is InChI=1S/C20H28F3NO4/c1-14(2)17-4-3-15(21)13-18(17)27-12-11-26-10-9-24-19(25)28-16-5-7-20(22,23)8-6-16/h3-4,13-14,16H,5-12H2,1-2H3,(H,24,25). The highest BCUT2D eigenvalue weighted by Crippen LogP contribution is 2.34. The Kier molecular flexibility index (Phi) is 8.41. The molecular weight excluding hydrogens is 375 g/mol. The molecule has 2 rings (SSSR count). The maximum absolute atomic E-state index is 13.4. The first-order chi connectivity index (χ1) is 13.3. The third-order valence-corrected chi connectivity index (χ3v) is 4.54. The Morgan fingerprint density at radius 2 is 1.93 bits per heavy atom. The highest BCUT2D eigenvalue weighted by molar-refractivity contribution is 5.67. The van der Waals surface area contributed by atoms with E-state index in [1.807, 2.05) is 13.8 Å². The summed E-state index contributed by atoms with van der Waals surface area (Å²) in [6, 6.07) is 4.47. The molecule has 0 aromatic heterocycles. The number of rotatable bonds is 9. The number of halogens is 3. The molecule has 1 saturated carbocycles. The van der Waals surface area contributed by atoms with Gasteiger partial charge in [-0.1, -0.05) is 19.9 Å². The Hall–Kier alpha value is -1.96. The van der Waals surface area contributed by atoms with Crippen LogP contribution < -0.4 is 10.1 Å². The number of carbonyl (C=O) groups is 1. The Bertz CT molecular complexity index is 630. The molecular formula is C20H28F3NO4. The van der Waals surface area contributed by atoms with Crippen LogP contribution in [0.2, 0.25) is 0 Å². The van der Waals surface area contributed by atoms with Gasteiger partial charge < -0.3 is 19.5 Å². The van der Waals surface area contributed by atoms with Crippen molar-refractivity contribution in [3.8, 4) is 5.75 Å². The number of amides is 1. The zero-order valence-electron chi connectivity index (χ0n) is 16.3. The first-order valence-electron chi connectivity index (χ1n) is 9.59. The summed E-state index contributed by atoms with van der Waals surface area (Å²) < 4.78 is 55.5. The molecule has 1 N–H and O–H groups in total. The van der Waals surface area contributed by atoms with Gasteiger partial charge in [0, 0.05) is 25.5 Å². The van der Waals surface area contributed by atoms with Gasteiger partial charge >= 0.3 is 6.09 Å². The van der Waals surface area contributed by atoms with Crippen LogP contribution in [0.15, 0.2) is 18.2 Å². The van der Waals surface area contributed by atoms with Crippen molar-refractivity contribution < 1.29 is 32.2 Å². The summed E-state index contributed by atoms with van der Waals surface area (Å²) in [5.41, 5.74) is 0.922. The zero-order valence-corrected chi connectivity index (χ0v) is 16.3. The maximum atomic E-state index is 13.4. The minimum absolute atomic E-state index is 0.173. The average Bonchev–Trinajstić information content (AvgIpc) is 2.62. The van der Waals surface area contributed by atoms with Crippen molar-refractivity contribution in [2.24, 2.45) is 0 Å². The van der Waals surface area contributed by atoms with Gasteiger partial charge in [0.05, 0.1) is 13.2 Å². The lowest BCUT2D eigenvalue weighted by Gasteiger charge is -2.27. The minimum atomic E-state index is -2.65. The van der Waals surface area contributed by atoms with Gasteiger partial charge in [0.15, 0.2) is 0 Å². The number of carbonyl (C=O) groups excluding carboxylic acids is 1. The first kappa shape index (κ1) is 22.3. The SMILES string of the molecule is CC(C)c1ccc(F)cc1OCCOCCNC(=O)OC1CCC(F)(F)CC1. The first-order valence-corrected chi connectivity index (χ1v) is 9.59. The molecule has 1 aliphatic rings. The summed E-state index contributed by atoms with van der Waals surface area (Å²) in [5.74, 6) is -2.29. The summed E-state index contributed by atoms with van der Waals surface area (Å²) in [6.07, 6.45) is -1.25. The Labute approximate surface area is 163 Å². The van der Waals surface area contributed by atoms with Crippen molar-refractivity contribution in [2.45, 2.75) is 57.5 Å². The predicted octanol–water partition coefficient (Wildman–Crippen LogP) is 4.65. The van der Waals surface area contributed by atoms with Crippen LogP contribution in [0.4, 0.5) is 18.0 Å². The van der Waals surface area contributed by atoms with Gasteiger partial charge in [-0.15, -0.1) is 0 Å². The third-order valence-electron chi connectivity index (χ3n) is 4.54. The summed E-state index contributed by atoms with van der Waals surface area (Å²) >= 11 is 0. The van der Waals surface area contributed by atoms with Crippen molar-refractivity contribution in [3.63, 3.8) is 0 Å². The summed E-state index contributed by atoms with van der Waals surface area (Å²) in [4.78, 5) is 11.6. The second-order valence-electron chi connectivity index (χ2n) is 7.19. The van der Waals surface area contributed by atoms with Gasteiger partial charge in [-0.3, -0.25) is 0 Å². The van der Waals surface area contributed by atoms with Gasteiger partial charge in [0.2, 0.25) is 5.92 Å². The molecule has 0 unspecified atom stereocenters. The van der Waals surface area contributed by atoms with Gasteiger partial charge in [-0.25, -0.2) is 18.0 Å². The Balaban J connectivity index is 1.55. The minimum Gasteiger partial charge on any atom is -0.491 e. The normalized spacial score (nSPS) is 16.8. The maximum Gasteiger partial charge on any atom is 0.407 e. The smallest absolute Gasteiger partial charge is 0.407 e. The van der Waals surface area contributed by atoms with Crippen molar-refractivity contribution in [3.05, 3.63) is 29.6 Å². The average molecular weight is 403 g/mol. The lowest BCUT2D eigenvalue weighted by atomic mass is 9.94. The number of ether oxygens (including phenoxy) is 3.